The van der Waals surface area contributed by atoms with Crippen LogP contribution in [0.2, 0.25) is 0 Å². The Balaban J connectivity index is 2.32. The Morgan fingerprint density at radius 3 is 3.00 bits per heavy atom. The minimum Gasteiger partial charge on any atom is -0.374 e. The standard InChI is InChI=1S/C6H14N2O/c1-2-8-6(9)3-4-7-5-6/h7-9H,2-5H2,1H3. The maximum absolute atomic E-state index is 9.52. The van der Waals surface area contributed by atoms with E-state index in [0.29, 0.717) is 6.54 Å². The molecule has 9 heavy (non-hydrogen) atoms. The van der Waals surface area contributed by atoms with Crippen LogP contribution in [-0.4, -0.2) is 30.5 Å². The molecule has 54 valence electrons. The molecule has 1 unspecified atom stereocenters. The van der Waals surface area contributed by atoms with Crippen molar-refractivity contribution in [2.24, 2.45) is 0 Å². The molecule has 0 aliphatic carbocycles. The van der Waals surface area contributed by atoms with Crippen molar-refractivity contribution in [3.05, 3.63) is 0 Å². The summed E-state index contributed by atoms with van der Waals surface area (Å²) in [6, 6.07) is 0. The molecule has 1 heterocycles. The first-order chi connectivity index (χ1) is 4.27. The lowest BCUT2D eigenvalue weighted by Crippen LogP contribution is -2.46. The van der Waals surface area contributed by atoms with Crippen molar-refractivity contribution in [2.75, 3.05) is 19.6 Å². The van der Waals surface area contributed by atoms with Gasteiger partial charge in [0.1, 0.15) is 5.72 Å². The maximum Gasteiger partial charge on any atom is 0.129 e. The predicted molar refractivity (Wildman–Crippen MR) is 36.1 cm³/mol. The van der Waals surface area contributed by atoms with Crippen LogP contribution < -0.4 is 10.6 Å². The van der Waals surface area contributed by atoms with Crippen molar-refractivity contribution in [1.82, 2.24) is 10.6 Å². The van der Waals surface area contributed by atoms with Crippen LogP contribution in [-0.2, 0) is 0 Å². The molecule has 0 aromatic rings. The van der Waals surface area contributed by atoms with Crippen LogP contribution in [0.1, 0.15) is 13.3 Å². The van der Waals surface area contributed by atoms with E-state index in [2.05, 4.69) is 10.6 Å². The first-order valence-electron chi connectivity index (χ1n) is 3.45. The van der Waals surface area contributed by atoms with Gasteiger partial charge in [-0.05, 0) is 13.1 Å². The minimum absolute atomic E-state index is 0.616. The van der Waals surface area contributed by atoms with Crippen molar-refractivity contribution in [3.63, 3.8) is 0 Å². The predicted octanol–water partition coefficient (Wildman–Crippen LogP) is -0.722. The topological polar surface area (TPSA) is 44.3 Å². The van der Waals surface area contributed by atoms with Crippen LogP contribution in [0, 0.1) is 0 Å². The average molecular weight is 130 g/mol. The summed E-state index contributed by atoms with van der Waals surface area (Å²) in [5.41, 5.74) is -0.616. The van der Waals surface area contributed by atoms with Crippen LogP contribution in [0.5, 0.6) is 0 Å². The molecular formula is C6H14N2O. The summed E-state index contributed by atoms with van der Waals surface area (Å²) in [6.07, 6.45) is 0.820. The van der Waals surface area contributed by atoms with Gasteiger partial charge in [-0.1, -0.05) is 6.92 Å². The summed E-state index contributed by atoms with van der Waals surface area (Å²) in [6.45, 7) is 4.43. The second-order valence-corrected chi connectivity index (χ2v) is 2.49. The molecule has 3 nitrogen and oxygen atoms in total. The zero-order valence-electron chi connectivity index (χ0n) is 5.78. The first-order valence-corrected chi connectivity index (χ1v) is 3.45. The number of aliphatic hydroxyl groups is 1. The van der Waals surface area contributed by atoms with E-state index in [4.69, 9.17) is 0 Å². The molecule has 3 heteroatoms. The maximum atomic E-state index is 9.52. The van der Waals surface area contributed by atoms with Crippen LogP contribution in [0.25, 0.3) is 0 Å². The molecule has 0 radical (unpaired) electrons. The summed E-state index contributed by atoms with van der Waals surface area (Å²) < 4.78 is 0. The average Bonchev–Trinajstić information content (AvgIpc) is 2.16. The highest BCUT2D eigenvalue weighted by Crippen LogP contribution is 2.08. The number of likely N-dealkylation sites (N-methyl/N-ethyl adjacent to an activating group) is 1. The van der Waals surface area contributed by atoms with Gasteiger partial charge in [0.05, 0.1) is 0 Å². The van der Waals surface area contributed by atoms with Crippen molar-refractivity contribution >= 4 is 0 Å². The first kappa shape index (κ1) is 6.99. The second kappa shape index (κ2) is 2.64. The van der Waals surface area contributed by atoms with Gasteiger partial charge in [0.2, 0.25) is 0 Å². The fourth-order valence-electron chi connectivity index (χ4n) is 1.16. The highest BCUT2D eigenvalue weighted by Gasteiger charge is 2.28. The molecule has 1 fully saturated rings. The highest BCUT2D eigenvalue weighted by molar-refractivity contribution is 4.84. The third-order valence-corrected chi connectivity index (χ3v) is 1.64. The molecule has 0 spiro atoms. The van der Waals surface area contributed by atoms with Gasteiger partial charge < -0.3 is 10.4 Å². The zero-order chi connectivity index (χ0) is 6.74. The number of β-amino-alcohol motifs (C(OH)–C–C–N with tert-alkyl or cyclic N) is 1. The Labute approximate surface area is 55.5 Å². The summed E-state index contributed by atoms with van der Waals surface area (Å²) in [5, 5.41) is 15.6. The number of hydrogen-bond donors (Lipinski definition) is 3. The van der Waals surface area contributed by atoms with E-state index in [9.17, 15) is 5.11 Å². The highest BCUT2D eigenvalue weighted by atomic mass is 16.3. The molecule has 1 atom stereocenters. The molecule has 0 bridgehead atoms. The molecule has 1 saturated heterocycles. The molecule has 0 amide bonds. The Hall–Kier alpha value is -0.120. The van der Waals surface area contributed by atoms with E-state index in [1.54, 1.807) is 0 Å². The van der Waals surface area contributed by atoms with E-state index in [-0.39, 0.29) is 0 Å². The quantitative estimate of drug-likeness (QED) is 0.432. The third-order valence-electron chi connectivity index (χ3n) is 1.64. The van der Waals surface area contributed by atoms with Crippen molar-refractivity contribution in [3.8, 4) is 0 Å². The Morgan fingerprint density at radius 2 is 2.56 bits per heavy atom. The van der Waals surface area contributed by atoms with Gasteiger partial charge in [-0.25, -0.2) is 0 Å². The molecule has 1 rings (SSSR count). The van der Waals surface area contributed by atoms with Crippen molar-refractivity contribution in [1.29, 1.82) is 0 Å². The molecular weight excluding hydrogens is 116 g/mol. The fourth-order valence-corrected chi connectivity index (χ4v) is 1.16. The van der Waals surface area contributed by atoms with Gasteiger partial charge >= 0.3 is 0 Å². The summed E-state index contributed by atoms with van der Waals surface area (Å²) in [7, 11) is 0. The van der Waals surface area contributed by atoms with Gasteiger partial charge in [0.15, 0.2) is 0 Å². The Morgan fingerprint density at radius 1 is 1.78 bits per heavy atom. The summed E-state index contributed by atoms with van der Waals surface area (Å²) >= 11 is 0. The molecule has 1 aliphatic heterocycles. The van der Waals surface area contributed by atoms with Gasteiger partial charge in [-0.3, -0.25) is 5.32 Å². The second-order valence-electron chi connectivity index (χ2n) is 2.49. The number of nitrogens with one attached hydrogen (secondary N) is 2. The van der Waals surface area contributed by atoms with Crippen molar-refractivity contribution < 1.29 is 5.11 Å². The number of rotatable bonds is 2. The van der Waals surface area contributed by atoms with Gasteiger partial charge in [0, 0.05) is 13.0 Å². The summed E-state index contributed by atoms with van der Waals surface area (Å²) in [4.78, 5) is 0. The van der Waals surface area contributed by atoms with Crippen LogP contribution in [0.3, 0.4) is 0 Å². The van der Waals surface area contributed by atoms with Crippen LogP contribution >= 0.6 is 0 Å². The van der Waals surface area contributed by atoms with Gasteiger partial charge in [-0.2, -0.15) is 0 Å². The van der Waals surface area contributed by atoms with Gasteiger partial charge in [0.25, 0.3) is 0 Å². The van der Waals surface area contributed by atoms with Crippen LogP contribution in [0.4, 0.5) is 0 Å². The fraction of sp³-hybridized carbons (Fsp3) is 1.00. The SMILES string of the molecule is CCNC1(O)CCNC1. The van der Waals surface area contributed by atoms with Crippen molar-refractivity contribution in [2.45, 2.75) is 19.1 Å². The molecule has 3 N–H and O–H groups in total. The number of hydrogen-bond acceptors (Lipinski definition) is 3. The van der Waals surface area contributed by atoms with E-state index in [1.165, 1.54) is 0 Å². The smallest absolute Gasteiger partial charge is 0.129 e. The molecule has 0 aromatic heterocycles. The zero-order valence-corrected chi connectivity index (χ0v) is 5.78. The molecule has 0 saturated carbocycles. The van der Waals surface area contributed by atoms with E-state index in [1.807, 2.05) is 6.92 Å². The molecule has 1 aliphatic rings. The lowest BCUT2D eigenvalue weighted by molar-refractivity contribution is 0.0275. The van der Waals surface area contributed by atoms with E-state index < -0.39 is 5.72 Å². The largest absolute Gasteiger partial charge is 0.374 e. The lowest BCUT2D eigenvalue weighted by Gasteiger charge is -2.21. The normalized spacial score (nSPS) is 35.3. The van der Waals surface area contributed by atoms with E-state index >= 15 is 0 Å². The summed E-state index contributed by atoms with van der Waals surface area (Å²) in [5.74, 6) is 0. The molecule has 0 aromatic carbocycles. The monoisotopic (exact) mass is 130 g/mol. The Bertz CT molecular complexity index is 89.1. The lowest BCUT2D eigenvalue weighted by atomic mass is 10.2. The minimum atomic E-state index is -0.616. The third kappa shape index (κ3) is 1.64. The van der Waals surface area contributed by atoms with E-state index in [0.717, 1.165) is 19.5 Å². The van der Waals surface area contributed by atoms with Crippen LogP contribution in [0.15, 0.2) is 0 Å². The Kier molecular flexibility index (Phi) is 2.05. The van der Waals surface area contributed by atoms with Gasteiger partial charge in [-0.15, -0.1) is 0 Å².